The number of hydrogen-bond donors (Lipinski definition) is 4. The lowest BCUT2D eigenvalue weighted by atomic mass is 9.86. The first-order chi connectivity index (χ1) is 16.9. The normalized spacial score (nSPS) is 15.3. The zero-order valence-electron chi connectivity index (χ0n) is 20.7. The monoisotopic (exact) mass is 485 g/mol. The van der Waals surface area contributed by atoms with Gasteiger partial charge in [0.2, 0.25) is 0 Å². The lowest BCUT2D eigenvalue weighted by Crippen LogP contribution is -2.40. The van der Waals surface area contributed by atoms with Crippen LogP contribution in [0.3, 0.4) is 0 Å². The topological polar surface area (TPSA) is 119 Å². The molecule has 1 atom stereocenters. The van der Waals surface area contributed by atoms with Crippen molar-refractivity contribution in [3.63, 3.8) is 0 Å². The summed E-state index contributed by atoms with van der Waals surface area (Å²) in [6.45, 7) is 6.07. The first kappa shape index (κ1) is 26.8. The van der Waals surface area contributed by atoms with Gasteiger partial charge in [-0.2, -0.15) is 0 Å². The third kappa shape index (κ3) is 7.57. The Morgan fingerprint density at radius 1 is 1.03 bits per heavy atom. The van der Waals surface area contributed by atoms with Crippen LogP contribution in [0.2, 0.25) is 0 Å². The summed E-state index contributed by atoms with van der Waals surface area (Å²) < 4.78 is 0. The van der Waals surface area contributed by atoms with Gasteiger partial charge in [0, 0.05) is 17.7 Å². The minimum absolute atomic E-state index is 0.0218. The summed E-state index contributed by atoms with van der Waals surface area (Å²) >= 11 is 0. The van der Waals surface area contributed by atoms with Crippen LogP contribution < -0.4 is 5.32 Å². The van der Waals surface area contributed by atoms with Crippen molar-refractivity contribution in [1.29, 1.82) is 0 Å². The Balaban J connectivity index is 1.31. The Kier molecular flexibility index (Phi) is 10.2. The molecule has 4 N–H and O–H groups in total. The minimum atomic E-state index is -0.558. The summed E-state index contributed by atoms with van der Waals surface area (Å²) in [7, 11) is 0. The number of fused-ring (bicyclic) bond motifs is 1. The molecule has 0 saturated heterocycles. The Hall–Kier alpha value is -2.84. The smallest absolute Gasteiger partial charge is 0.310 e. The quantitative estimate of drug-likeness (QED) is 0.133. The first-order valence-corrected chi connectivity index (χ1v) is 12.8. The standard InChI is InChI=1S/C27H39N3O5/c1-2-16-29(22-9-10-23-21(19-22)8-12-26(32)27(23)33)17-6-4-3-5-14-28-15-13-20-7-11-25(31)24(18-20)30(34)35/h7-8,11-12,18,22,28,31-33H,2-6,9-10,13-17,19H2,1H3. The van der Waals surface area contributed by atoms with Crippen molar-refractivity contribution in [3.8, 4) is 17.2 Å². The fourth-order valence-electron chi connectivity index (χ4n) is 5.03. The van der Waals surface area contributed by atoms with Crippen molar-refractivity contribution >= 4 is 5.69 Å². The molecular weight excluding hydrogens is 446 g/mol. The molecule has 0 aliphatic heterocycles. The number of aromatic hydroxyl groups is 3. The van der Waals surface area contributed by atoms with Crippen molar-refractivity contribution in [2.24, 2.45) is 0 Å². The Morgan fingerprint density at radius 3 is 2.57 bits per heavy atom. The molecule has 192 valence electrons. The number of hydrogen-bond acceptors (Lipinski definition) is 7. The molecule has 0 saturated carbocycles. The molecule has 8 heteroatoms. The fourth-order valence-corrected chi connectivity index (χ4v) is 5.03. The van der Waals surface area contributed by atoms with E-state index in [9.17, 15) is 25.4 Å². The molecule has 2 aromatic rings. The van der Waals surface area contributed by atoms with Gasteiger partial charge in [0.1, 0.15) is 0 Å². The number of nitro benzene ring substituents is 1. The van der Waals surface area contributed by atoms with Crippen LogP contribution in [0.5, 0.6) is 17.2 Å². The van der Waals surface area contributed by atoms with Crippen molar-refractivity contribution in [3.05, 3.63) is 57.1 Å². The van der Waals surface area contributed by atoms with Gasteiger partial charge >= 0.3 is 5.69 Å². The van der Waals surface area contributed by atoms with Gasteiger partial charge in [0.15, 0.2) is 17.2 Å². The van der Waals surface area contributed by atoms with Crippen molar-refractivity contribution in [2.45, 2.75) is 70.8 Å². The van der Waals surface area contributed by atoms with Gasteiger partial charge in [-0.05, 0) is 94.4 Å². The molecule has 1 unspecified atom stereocenters. The average Bonchev–Trinajstić information content (AvgIpc) is 2.85. The van der Waals surface area contributed by atoms with Crippen LogP contribution in [0.25, 0.3) is 0 Å². The van der Waals surface area contributed by atoms with E-state index < -0.39 is 4.92 Å². The van der Waals surface area contributed by atoms with Gasteiger partial charge in [0.25, 0.3) is 0 Å². The summed E-state index contributed by atoms with van der Waals surface area (Å²) in [5.41, 5.74) is 2.67. The molecule has 0 spiro atoms. The van der Waals surface area contributed by atoms with Crippen LogP contribution in [-0.2, 0) is 19.3 Å². The number of nitro groups is 1. The van der Waals surface area contributed by atoms with E-state index in [0.717, 1.165) is 81.4 Å². The molecule has 8 nitrogen and oxygen atoms in total. The Bertz CT molecular complexity index is 982. The summed E-state index contributed by atoms with van der Waals surface area (Å²) in [6.07, 6.45) is 9.18. The highest BCUT2D eigenvalue weighted by Crippen LogP contribution is 2.36. The lowest BCUT2D eigenvalue weighted by Gasteiger charge is -2.35. The molecule has 0 radical (unpaired) electrons. The predicted molar refractivity (Wildman–Crippen MR) is 137 cm³/mol. The second-order valence-electron chi connectivity index (χ2n) is 9.50. The van der Waals surface area contributed by atoms with E-state index in [1.807, 2.05) is 6.07 Å². The third-order valence-corrected chi connectivity index (χ3v) is 6.94. The van der Waals surface area contributed by atoms with Crippen molar-refractivity contribution in [1.82, 2.24) is 10.2 Å². The molecule has 0 fully saturated rings. The maximum atomic E-state index is 10.9. The largest absolute Gasteiger partial charge is 0.504 e. The maximum Gasteiger partial charge on any atom is 0.310 e. The molecule has 0 aromatic heterocycles. The maximum absolute atomic E-state index is 10.9. The van der Waals surface area contributed by atoms with Gasteiger partial charge in [0.05, 0.1) is 4.92 Å². The zero-order chi connectivity index (χ0) is 25.2. The summed E-state index contributed by atoms with van der Waals surface area (Å²) in [5, 5.41) is 43.8. The molecule has 35 heavy (non-hydrogen) atoms. The van der Waals surface area contributed by atoms with Crippen LogP contribution in [-0.4, -0.2) is 57.4 Å². The van der Waals surface area contributed by atoms with Gasteiger partial charge in [-0.15, -0.1) is 0 Å². The van der Waals surface area contributed by atoms with Gasteiger partial charge in [-0.3, -0.25) is 10.1 Å². The van der Waals surface area contributed by atoms with Crippen LogP contribution in [0.4, 0.5) is 5.69 Å². The fraction of sp³-hybridized carbons (Fsp3) is 0.556. The third-order valence-electron chi connectivity index (χ3n) is 6.94. The van der Waals surface area contributed by atoms with E-state index in [1.165, 1.54) is 25.0 Å². The van der Waals surface area contributed by atoms with Gasteiger partial charge in [-0.25, -0.2) is 0 Å². The molecule has 0 amide bonds. The van der Waals surface area contributed by atoms with Crippen molar-refractivity contribution in [2.75, 3.05) is 26.2 Å². The molecule has 3 rings (SSSR count). The van der Waals surface area contributed by atoms with E-state index in [4.69, 9.17) is 0 Å². The van der Waals surface area contributed by atoms with E-state index in [-0.39, 0.29) is 22.9 Å². The average molecular weight is 486 g/mol. The summed E-state index contributed by atoms with van der Waals surface area (Å²) in [5.74, 6) is -0.260. The van der Waals surface area contributed by atoms with Gasteiger partial charge in [-0.1, -0.05) is 31.9 Å². The second kappa shape index (κ2) is 13.3. The Labute approximate surface area is 207 Å². The molecule has 1 aliphatic carbocycles. The summed E-state index contributed by atoms with van der Waals surface area (Å²) in [4.78, 5) is 13.0. The molecule has 0 heterocycles. The number of nitrogens with one attached hydrogen (secondary N) is 1. The van der Waals surface area contributed by atoms with Gasteiger partial charge < -0.3 is 25.5 Å². The van der Waals surface area contributed by atoms with E-state index in [2.05, 4.69) is 17.1 Å². The van der Waals surface area contributed by atoms with E-state index in [1.54, 1.807) is 12.1 Å². The molecule has 1 aliphatic rings. The highest BCUT2D eigenvalue weighted by molar-refractivity contribution is 5.50. The number of nitrogens with zero attached hydrogens (tertiary/aromatic N) is 2. The van der Waals surface area contributed by atoms with Crippen LogP contribution in [0, 0.1) is 10.1 Å². The number of benzene rings is 2. The number of phenolic OH excluding ortho intramolecular Hbond substituents is 3. The van der Waals surface area contributed by atoms with Crippen LogP contribution >= 0.6 is 0 Å². The Morgan fingerprint density at radius 2 is 1.80 bits per heavy atom. The van der Waals surface area contributed by atoms with Crippen molar-refractivity contribution < 1.29 is 20.2 Å². The summed E-state index contributed by atoms with van der Waals surface area (Å²) in [6, 6.07) is 8.60. The van der Waals surface area contributed by atoms with Crippen LogP contribution in [0.1, 0.15) is 62.1 Å². The van der Waals surface area contributed by atoms with Crippen LogP contribution in [0.15, 0.2) is 30.3 Å². The minimum Gasteiger partial charge on any atom is -0.504 e. The predicted octanol–water partition coefficient (Wildman–Crippen LogP) is 4.67. The van der Waals surface area contributed by atoms with E-state index >= 15 is 0 Å². The number of rotatable bonds is 14. The molecule has 0 bridgehead atoms. The SMILES string of the molecule is CCCN(CCCCCCNCCc1ccc(O)c([N+](=O)[O-])c1)C1CCc2c(ccc(O)c2O)C1. The molecular formula is C27H39N3O5. The number of phenols is 3. The highest BCUT2D eigenvalue weighted by atomic mass is 16.6. The lowest BCUT2D eigenvalue weighted by molar-refractivity contribution is -0.385. The first-order valence-electron chi connectivity index (χ1n) is 12.8. The molecule has 2 aromatic carbocycles. The number of unbranched alkanes of at least 4 members (excludes halogenated alkanes) is 3. The highest BCUT2D eigenvalue weighted by Gasteiger charge is 2.26. The van der Waals surface area contributed by atoms with E-state index in [0.29, 0.717) is 12.5 Å². The zero-order valence-corrected chi connectivity index (χ0v) is 20.7. The second-order valence-corrected chi connectivity index (χ2v) is 9.50.